The Morgan fingerprint density at radius 3 is 2.34 bits per heavy atom. The molecule has 0 bridgehead atoms. The molecule has 2 aromatic carbocycles. The van der Waals surface area contributed by atoms with E-state index in [1.807, 2.05) is 19.3 Å². The number of imide groups is 1. The van der Waals surface area contributed by atoms with Gasteiger partial charge in [0.25, 0.3) is 11.5 Å². The smallest absolute Gasteiger partial charge is 0.255 e. The van der Waals surface area contributed by atoms with Gasteiger partial charge in [-0.1, -0.05) is 6.42 Å². The van der Waals surface area contributed by atoms with Gasteiger partial charge < -0.3 is 34.1 Å². The Morgan fingerprint density at radius 2 is 1.63 bits per heavy atom. The Bertz CT molecular complexity index is 2360. The summed E-state index contributed by atoms with van der Waals surface area (Å²) in [6.45, 7) is 5.84. The molecule has 1 aromatic heterocycles. The molecular weight excluding hydrogens is 821 g/mol. The Kier molecular flexibility index (Phi) is 13.1. The zero-order chi connectivity index (χ0) is 45.4. The third-order valence-electron chi connectivity index (χ3n) is 16.2. The van der Waals surface area contributed by atoms with E-state index in [4.69, 9.17) is 9.47 Å². The third-order valence-corrected chi connectivity index (χ3v) is 16.2. The number of nitrogens with one attached hydrogen (secondary N) is 2. The minimum atomic E-state index is -0.596. The summed E-state index contributed by atoms with van der Waals surface area (Å²) in [5, 5.41) is 5.13. The summed E-state index contributed by atoms with van der Waals surface area (Å²) in [7, 11) is 7.04. The molecule has 1 spiro atoms. The van der Waals surface area contributed by atoms with Crippen molar-refractivity contribution in [2.24, 2.45) is 30.2 Å². The van der Waals surface area contributed by atoms with Gasteiger partial charge in [-0.3, -0.25) is 29.3 Å². The number of hydrogen-bond acceptors (Lipinski definition) is 9. The second-order valence-corrected chi connectivity index (χ2v) is 20.1. The number of carbonyl (C=O) groups excluding carboxylic acids is 4. The van der Waals surface area contributed by atoms with Gasteiger partial charge in [-0.05, 0) is 167 Å². The zero-order valence-electron chi connectivity index (χ0n) is 39.0. The Morgan fingerprint density at radius 1 is 0.862 bits per heavy atom. The van der Waals surface area contributed by atoms with E-state index in [-0.39, 0.29) is 35.6 Å². The second-order valence-electron chi connectivity index (χ2n) is 20.1. The third kappa shape index (κ3) is 9.31. The van der Waals surface area contributed by atoms with Crippen LogP contribution in [0.15, 0.2) is 41.3 Å². The normalized spacial score (nSPS) is 23.4. The number of ether oxygens (including phenoxy) is 2. The highest BCUT2D eigenvalue weighted by atomic mass is 16.5. The van der Waals surface area contributed by atoms with Crippen LogP contribution in [0.4, 0.5) is 5.69 Å². The summed E-state index contributed by atoms with van der Waals surface area (Å²) in [5.74, 6) is 2.51. The van der Waals surface area contributed by atoms with Crippen molar-refractivity contribution in [1.29, 1.82) is 0 Å². The summed E-state index contributed by atoms with van der Waals surface area (Å²) in [6.07, 6.45) is 16.9. The number of aryl methyl sites for hydroxylation is 1. The molecule has 2 N–H and O–H groups in total. The van der Waals surface area contributed by atoms with Gasteiger partial charge in [0.05, 0.1) is 14.2 Å². The summed E-state index contributed by atoms with van der Waals surface area (Å²) in [6, 6.07) is 9.86. The molecule has 5 heterocycles. The van der Waals surface area contributed by atoms with Gasteiger partial charge in [0, 0.05) is 87.3 Å². The Hall–Kier alpha value is -5.17. The van der Waals surface area contributed by atoms with Crippen LogP contribution in [0, 0.1) is 23.2 Å². The van der Waals surface area contributed by atoms with Gasteiger partial charge >= 0.3 is 0 Å². The summed E-state index contributed by atoms with van der Waals surface area (Å²) >= 11 is 0. The van der Waals surface area contributed by atoms with Crippen LogP contribution in [0.25, 0.3) is 11.1 Å². The van der Waals surface area contributed by atoms with Crippen molar-refractivity contribution in [2.75, 3.05) is 58.9 Å². The monoisotopic (exact) mass is 889 g/mol. The molecule has 6 aliphatic rings. The number of benzene rings is 2. The van der Waals surface area contributed by atoms with E-state index in [1.54, 1.807) is 30.7 Å². The van der Waals surface area contributed by atoms with Crippen LogP contribution in [0.1, 0.15) is 116 Å². The highest BCUT2D eigenvalue weighted by Crippen LogP contribution is 2.57. The summed E-state index contributed by atoms with van der Waals surface area (Å²) < 4.78 is 14.1. The number of piperidine rings is 2. The first-order chi connectivity index (χ1) is 31.5. The standard InChI is InChI=1S/C52H68N6O7/c1-53-47(59)14-9-34-8-11-40-41(25-34)50(62)55(2)31-43(40)35-27-45(64-3)42(46(28-35)65-4)29-37-7-5-6-21-56(32-52(37)19-20-52)22-16-33-17-23-57(24-18-33)38-10-12-39-36(26-38)30-58(51(39)63)44-13-15-48(60)54-49(44)61/h10,12,26-28,31,33-34,37,44H,5-9,11,13-25,29-30,32H2,1-4H3,(H,53,59)(H,54,60,61). The maximum Gasteiger partial charge on any atom is 0.255 e. The molecule has 65 heavy (non-hydrogen) atoms. The molecule has 2 aliphatic carbocycles. The Labute approximate surface area is 383 Å². The molecule has 9 rings (SSSR count). The van der Waals surface area contributed by atoms with Crippen molar-refractivity contribution >= 4 is 29.3 Å². The number of anilines is 1. The van der Waals surface area contributed by atoms with E-state index in [0.29, 0.717) is 54.5 Å². The molecule has 13 nitrogen and oxygen atoms in total. The van der Waals surface area contributed by atoms with Crippen LogP contribution in [0.2, 0.25) is 0 Å². The molecule has 1 saturated carbocycles. The lowest BCUT2D eigenvalue weighted by Gasteiger charge is -2.38. The van der Waals surface area contributed by atoms with E-state index in [9.17, 15) is 24.0 Å². The number of methoxy groups -OCH3 is 2. The van der Waals surface area contributed by atoms with Crippen molar-refractivity contribution in [2.45, 2.75) is 115 Å². The van der Waals surface area contributed by atoms with Gasteiger partial charge in [0.15, 0.2) is 0 Å². The minimum absolute atomic E-state index is 0.0459. The van der Waals surface area contributed by atoms with Crippen LogP contribution in [-0.4, -0.2) is 98.0 Å². The largest absolute Gasteiger partial charge is 0.496 e. The molecule has 3 atom stereocenters. The van der Waals surface area contributed by atoms with Crippen molar-refractivity contribution in [3.05, 3.63) is 74.7 Å². The van der Waals surface area contributed by atoms with E-state index in [2.05, 4.69) is 44.7 Å². The van der Waals surface area contributed by atoms with E-state index < -0.39 is 6.04 Å². The number of fused-ring (bicyclic) bond motifs is 2. The van der Waals surface area contributed by atoms with Crippen molar-refractivity contribution in [1.82, 2.24) is 25.0 Å². The average molecular weight is 889 g/mol. The van der Waals surface area contributed by atoms with Gasteiger partial charge in [-0.15, -0.1) is 0 Å². The molecule has 3 saturated heterocycles. The first-order valence-corrected chi connectivity index (χ1v) is 24.4. The number of nitrogens with zero attached hydrogens (tertiary/aromatic N) is 4. The number of likely N-dealkylation sites (tertiary alicyclic amines) is 1. The molecule has 0 radical (unpaired) electrons. The lowest BCUT2D eigenvalue weighted by Crippen LogP contribution is -2.52. The first-order valence-electron chi connectivity index (χ1n) is 24.4. The fourth-order valence-corrected chi connectivity index (χ4v) is 12.1. The highest BCUT2D eigenvalue weighted by Gasteiger charge is 2.50. The lowest BCUT2D eigenvalue weighted by atomic mass is 9.78. The van der Waals surface area contributed by atoms with Crippen LogP contribution >= 0.6 is 0 Å². The first kappa shape index (κ1) is 45.0. The van der Waals surface area contributed by atoms with Crippen molar-refractivity contribution in [3.63, 3.8) is 0 Å². The minimum Gasteiger partial charge on any atom is -0.496 e. The SMILES string of the molecule is CNC(=O)CCC1CCc2c(-c3cc(OC)c(CC4CCCCN(CCC5CCN(c6ccc7c(c6)CN(C6CCC(=O)NC6=O)C7=O)CC5)CC45CC5)c(OC)c3)cn(C)c(=O)c2C1. The molecule has 3 aromatic rings. The Balaban J connectivity index is 0.821. The van der Waals surface area contributed by atoms with Crippen LogP contribution < -0.4 is 30.6 Å². The summed E-state index contributed by atoms with van der Waals surface area (Å²) in [4.78, 5) is 69.8. The molecular formula is C52H68N6O7. The second kappa shape index (κ2) is 19.0. The van der Waals surface area contributed by atoms with Crippen LogP contribution in [0.5, 0.6) is 11.5 Å². The quantitative estimate of drug-likeness (QED) is 0.192. The number of pyridine rings is 1. The van der Waals surface area contributed by atoms with Crippen molar-refractivity contribution in [3.8, 4) is 22.6 Å². The maximum atomic E-state index is 13.5. The number of hydrogen-bond donors (Lipinski definition) is 2. The highest BCUT2D eigenvalue weighted by molar-refractivity contribution is 6.05. The maximum absolute atomic E-state index is 13.5. The fraction of sp³-hybridized carbons (Fsp3) is 0.596. The van der Waals surface area contributed by atoms with Gasteiger partial charge in [0.2, 0.25) is 17.7 Å². The number of rotatable bonds is 13. The lowest BCUT2D eigenvalue weighted by molar-refractivity contribution is -0.137. The molecule has 348 valence electrons. The van der Waals surface area contributed by atoms with Gasteiger partial charge in [0.1, 0.15) is 17.5 Å². The molecule has 4 amide bonds. The average Bonchev–Trinajstić information content (AvgIpc) is 4.03. The number of aromatic nitrogens is 1. The predicted octanol–water partition coefficient (Wildman–Crippen LogP) is 6.19. The predicted molar refractivity (Wildman–Crippen MR) is 250 cm³/mol. The topological polar surface area (TPSA) is 143 Å². The van der Waals surface area contributed by atoms with E-state index >= 15 is 0 Å². The van der Waals surface area contributed by atoms with Crippen LogP contribution in [-0.2, 0) is 47.2 Å². The number of carbonyl (C=O) groups is 4. The molecule has 4 fully saturated rings. The van der Waals surface area contributed by atoms with Crippen molar-refractivity contribution < 1.29 is 28.7 Å². The number of amides is 4. The fourth-order valence-electron chi connectivity index (χ4n) is 12.1. The molecule has 13 heteroatoms. The zero-order valence-corrected chi connectivity index (χ0v) is 39.0. The summed E-state index contributed by atoms with van der Waals surface area (Å²) in [5.41, 5.74) is 8.33. The van der Waals surface area contributed by atoms with Gasteiger partial charge in [-0.25, -0.2) is 0 Å². The van der Waals surface area contributed by atoms with Gasteiger partial charge in [-0.2, -0.15) is 0 Å². The molecule has 4 aliphatic heterocycles. The van der Waals surface area contributed by atoms with E-state index in [0.717, 1.165) is 122 Å². The van der Waals surface area contributed by atoms with Crippen LogP contribution in [0.3, 0.4) is 0 Å². The van der Waals surface area contributed by atoms with E-state index in [1.165, 1.54) is 38.5 Å². The molecule has 3 unspecified atom stereocenters.